The maximum absolute atomic E-state index is 12.8. The van der Waals surface area contributed by atoms with Crippen LogP contribution in [-0.4, -0.2) is 27.3 Å². The fraction of sp³-hybridized carbons (Fsp3) is 0.444. The van der Waals surface area contributed by atoms with Crippen LogP contribution in [0, 0.1) is 0 Å². The van der Waals surface area contributed by atoms with Crippen LogP contribution < -0.4 is 5.32 Å². The molecule has 0 bridgehead atoms. The maximum atomic E-state index is 12.8. The molecule has 1 aliphatic rings. The van der Waals surface area contributed by atoms with E-state index in [2.05, 4.69) is 10.4 Å². The quantitative estimate of drug-likeness (QED) is 0.873. The summed E-state index contributed by atoms with van der Waals surface area (Å²) < 4.78 is 1.63. The molecule has 1 atom stereocenters. The number of hydrogen-bond acceptors (Lipinski definition) is 3. The van der Waals surface area contributed by atoms with Gasteiger partial charge in [-0.1, -0.05) is 30.2 Å². The van der Waals surface area contributed by atoms with Gasteiger partial charge in [-0.25, -0.2) is 0 Å². The molecule has 0 aliphatic heterocycles. The Kier molecular flexibility index (Phi) is 4.40. The van der Waals surface area contributed by atoms with Crippen LogP contribution in [0.15, 0.2) is 36.7 Å². The molecule has 5 nitrogen and oxygen atoms in total. The van der Waals surface area contributed by atoms with Gasteiger partial charge in [-0.15, -0.1) is 0 Å². The van der Waals surface area contributed by atoms with E-state index < -0.39 is 11.0 Å². The van der Waals surface area contributed by atoms with E-state index in [-0.39, 0.29) is 12.5 Å². The van der Waals surface area contributed by atoms with Gasteiger partial charge in [0.2, 0.25) is 5.91 Å². The van der Waals surface area contributed by atoms with Gasteiger partial charge >= 0.3 is 0 Å². The zero-order chi connectivity index (χ0) is 17.4. The number of amides is 1. The van der Waals surface area contributed by atoms with Crippen molar-refractivity contribution in [3.63, 3.8) is 0 Å². The smallest absolute Gasteiger partial charge is 0.230 e. The average Bonchev–Trinajstić information content (AvgIpc) is 2.93. The Bertz CT molecular complexity index is 733. The number of hydrogen-bond donors (Lipinski definition) is 2. The molecule has 1 amide bonds. The summed E-state index contributed by atoms with van der Waals surface area (Å²) >= 11 is 5.95. The molecule has 1 heterocycles. The number of carbonyl (C=O) groups excluding carboxylic acids is 1. The van der Waals surface area contributed by atoms with Crippen molar-refractivity contribution < 1.29 is 9.90 Å². The molecule has 1 aliphatic carbocycles. The van der Waals surface area contributed by atoms with Gasteiger partial charge in [0.05, 0.1) is 18.2 Å². The van der Waals surface area contributed by atoms with E-state index in [4.69, 9.17) is 11.6 Å². The van der Waals surface area contributed by atoms with Gasteiger partial charge in [0.15, 0.2) is 0 Å². The molecule has 3 rings (SSSR count). The second kappa shape index (κ2) is 6.22. The molecule has 2 N–H and O–H groups in total. The third-order valence-electron chi connectivity index (χ3n) is 4.96. The predicted octanol–water partition coefficient (Wildman–Crippen LogP) is 2.52. The monoisotopic (exact) mass is 347 g/mol. The van der Waals surface area contributed by atoms with E-state index in [1.54, 1.807) is 31.0 Å². The molecule has 6 heteroatoms. The Labute approximate surface area is 146 Å². The Morgan fingerprint density at radius 1 is 1.42 bits per heavy atom. The van der Waals surface area contributed by atoms with Crippen molar-refractivity contribution in [2.75, 3.05) is 6.54 Å². The second-order valence-electron chi connectivity index (χ2n) is 6.80. The Balaban J connectivity index is 1.72. The normalized spacial score (nSPS) is 18.5. The lowest BCUT2D eigenvalue weighted by molar-refractivity contribution is -0.131. The molecule has 0 radical (unpaired) electrons. The molecule has 1 aromatic carbocycles. The van der Waals surface area contributed by atoms with Crippen LogP contribution in [-0.2, 0) is 22.9 Å². The maximum Gasteiger partial charge on any atom is 0.230 e. The summed E-state index contributed by atoms with van der Waals surface area (Å²) in [6.07, 6.45) is 6.02. The summed E-state index contributed by atoms with van der Waals surface area (Å²) in [5.74, 6) is -0.0414. The third-order valence-corrected chi connectivity index (χ3v) is 5.21. The molecular weight excluding hydrogens is 326 g/mol. The molecule has 2 aromatic rings. The molecule has 1 unspecified atom stereocenters. The van der Waals surface area contributed by atoms with Crippen molar-refractivity contribution in [3.05, 3.63) is 52.8 Å². The fourth-order valence-electron chi connectivity index (χ4n) is 3.17. The van der Waals surface area contributed by atoms with Crippen molar-refractivity contribution in [3.8, 4) is 0 Å². The van der Waals surface area contributed by atoms with Gasteiger partial charge in [0.25, 0.3) is 0 Å². The standard InChI is InChI=1S/C18H22ClN3O2/c1-17(24,14-10-21-22(2)11-14)12-20-16(23)18(8-3-9-18)13-4-6-15(19)7-5-13/h4-7,10-11,24H,3,8-9,12H2,1-2H3,(H,20,23). The lowest BCUT2D eigenvalue weighted by atomic mass is 9.63. The van der Waals surface area contributed by atoms with E-state index in [1.165, 1.54) is 0 Å². The van der Waals surface area contributed by atoms with Crippen molar-refractivity contribution in [1.29, 1.82) is 0 Å². The molecule has 128 valence electrons. The lowest BCUT2D eigenvalue weighted by Gasteiger charge is -2.41. The van der Waals surface area contributed by atoms with Crippen molar-refractivity contribution >= 4 is 17.5 Å². The first-order valence-corrected chi connectivity index (χ1v) is 8.47. The van der Waals surface area contributed by atoms with Gasteiger partial charge in [0.1, 0.15) is 5.60 Å². The Morgan fingerprint density at radius 2 is 2.08 bits per heavy atom. The number of aromatic nitrogens is 2. The van der Waals surface area contributed by atoms with E-state index in [1.807, 2.05) is 24.3 Å². The highest BCUT2D eigenvalue weighted by Crippen LogP contribution is 2.44. The summed E-state index contributed by atoms with van der Waals surface area (Å²) in [6, 6.07) is 7.47. The summed E-state index contributed by atoms with van der Waals surface area (Å²) in [5, 5.41) is 18.3. The van der Waals surface area contributed by atoms with Crippen LogP contribution in [0.4, 0.5) is 0 Å². The lowest BCUT2D eigenvalue weighted by Crippen LogP contribution is -2.52. The van der Waals surface area contributed by atoms with Crippen LogP contribution in [0.3, 0.4) is 0 Å². The second-order valence-corrected chi connectivity index (χ2v) is 7.24. The number of aryl methyl sites for hydroxylation is 1. The Morgan fingerprint density at radius 3 is 2.58 bits per heavy atom. The number of rotatable bonds is 5. The first-order valence-electron chi connectivity index (χ1n) is 8.09. The van der Waals surface area contributed by atoms with Gasteiger partial charge < -0.3 is 10.4 Å². The first-order chi connectivity index (χ1) is 11.3. The summed E-state index contributed by atoms with van der Waals surface area (Å²) in [7, 11) is 1.79. The number of nitrogens with zero attached hydrogens (tertiary/aromatic N) is 2. The predicted molar refractivity (Wildman–Crippen MR) is 92.8 cm³/mol. The number of halogens is 1. The minimum absolute atomic E-state index is 0.0414. The molecule has 0 spiro atoms. The van der Waals surface area contributed by atoms with Gasteiger partial charge in [0, 0.05) is 23.8 Å². The number of aliphatic hydroxyl groups is 1. The van der Waals surface area contributed by atoms with Crippen LogP contribution in [0.25, 0.3) is 0 Å². The Hall–Kier alpha value is -1.85. The summed E-state index contributed by atoms with van der Waals surface area (Å²) in [6.45, 7) is 1.83. The fourth-order valence-corrected chi connectivity index (χ4v) is 3.30. The minimum Gasteiger partial charge on any atom is -0.383 e. The number of carbonyl (C=O) groups is 1. The van der Waals surface area contributed by atoms with Crippen LogP contribution in [0.1, 0.15) is 37.3 Å². The molecule has 0 saturated heterocycles. The highest BCUT2D eigenvalue weighted by molar-refractivity contribution is 6.30. The summed E-state index contributed by atoms with van der Waals surface area (Å²) in [5.41, 5.74) is 0.000835. The van der Waals surface area contributed by atoms with Crippen molar-refractivity contribution in [2.45, 2.75) is 37.2 Å². The van der Waals surface area contributed by atoms with E-state index in [0.29, 0.717) is 10.6 Å². The van der Waals surface area contributed by atoms with Gasteiger partial charge in [-0.05, 0) is 37.5 Å². The minimum atomic E-state index is -1.16. The largest absolute Gasteiger partial charge is 0.383 e. The van der Waals surface area contributed by atoms with Crippen LogP contribution in [0.5, 0.6) is 0 Å². The SMILES string of the molecule is Cn1cc(C(C)(O)CNC(=O)C2(c3ccc(Cl)cc3)CCC2)cn1. The number of nitrogens with one attached hydrogen (secondary N) is 1. The van der Waals surface area contributed by atoms with Crippen LogP contribution >= 0.6 is 11.6 Å². The van der Waals surface area contributed by atoms with Gasteiger partial charge in [-0.3, -0.25) is 9.48 Å². The zero-order valence-corrected chi connectivity index (χ0v) is 14.7. The zero-order valence-electron chi connectivity index (χ0n) is 13.9. The summed E-state index contributed by atoms with van der Waals surface area (Å²) in [4.78, 5) is 12.8. The molecule has 24 heavy (non-hydrogen) atoms. The van der Waals surface area contributed by atoms with Crippen molar-refractivity contribution in [1.82, 2.24) is 15.1 Å². The average molecular weight is 348 g/mol. The third kappa shape index (κ3) is 3.06. The number of benzene rings is 1. The molecule has 1 aromatic heterocycles. The van der Waals surface area contributed by atoms with Crippen LogP contribution in [0.2, 0.25) is 5.02 Å². The van der Waals surface area contributed by atoms with Gasteiger partial charge in [-0.2, -0.15) is 5.10 Å². The highest BCUT2D eigenvalue weighted by Gasteiger charge is 2.46. The molecule has 1 saturated carbocycles. The molecular formula is C18H22ClN3O2. The van der Waals surface area contributed by atoms with E-state index >= 15 is 0 Å². The first kappa shape index (κ1) is 17.0. The molecule has 1 fully saturated rings. The topological polar surface area (TPSA) is 67.2 Å². The highest BCUT2D eigenvalue weighted by atomic mass is 35.5. The van der Waals surface area contributed by atoms with E-state index in [0.717, 1.165) is 24.8 Å². The van der Waals surface area contributed by atoms with E-state index in [9.17, 15) is 9.90 Å². The van der Waals surface area contributed by atoms with Crippen molar-refractivity contribution in [2.24, 2.45) is 7.05 Å².